The Morgan fingerprint density at radius 2 is 2.10 bits per heavy atom. The summed E-state index contributed by atoms with van der Waals surface area (Å²) >= 11 is 5.52. The molecule has 2 aromatic rings. The molecule has 0 aliphatic rings. The Labute approximate surface area is 131 Å². The van der Waals surface area contributed by atoms with E-state index in [2.05, 4.69) is 48.5 Å². The predicted molar refractivity (Wildman–Crippen MR) is 88.9 cm³/mol. The molecule has 5 heteroatoms. The van der Waals surface area contributed by atoms with E-state index in [-0.39, 0.29) is 0 Å². The first-order valence-electron chi connectivity index (χ1n) is 7.22. The Morgan fingerprint density at radius 3 is 2.67 bits per heavy atom. The van der Waals surface area contributed by atoms with Gasteiger partial charge in [0.2, 0.25) is 0 Å². The topological polar surface area (TPSA) is 47.8 Å². The van der Waals surface area contributed by atoms with Crippen molar-refractivity contribution < 1.29 is 0 Å². The molecule has 0 aliphatic carbocycles. The second-order valence-electron chi connectivity index (χ2n) is 6.16. The van der Waals surface area contributed by atoms with Gasteiger partial charge in [0.05, 0.1) is 16.6 Å². The van der Waals surface area contributed by atoms with Gasteiger partial charge in [0.15, 0.2) is 4.77 Å². The maximum absolute atomic E-state index is 9.24. The molecule has 1 N–H and O–H groups in total. The Hall–Kier alpha value is -1.64. The van der Waals surface area contributed by atoms with Crippen molar-refractivity contribution in [2.45, 2.75) is 26.3 Å². The van der Waals surface area contributed by atoms with Gasteiger partial charge in [-0.25, -0.2) is 0 Å². The molecule has 1 atom stereocenters. The normalized spacial score (nSPS) is 13.0. The zero-order chi connectivity index (χ0) is 15.6. The van der Waals surface area contributed by atoms with E-state index in [9.17, 15) is 5.26 Å². The van der Waals surface area contributed by atoms with E-state index >= 15 is 0 Å². The number of nitriles is 1. The van der Waals surface area contributed by atoms with Gasteiger partial charge in [-0.1, -0.05) is 19.9 Å². The summed E-state index contributed by atoms with van der Waals surface area (Å²) in [5.74, 6) is 0.584. The predicted octanol–water partition coefficient (Wildman–Crippen LogP) is 3.72. The highest BCUT2D eigenvalue weighted by Gasteiger charge is 2.19. The first-order chi connectivity index (χ1) is 9.93. The summed E-state index contributed by atoms with van der Waals surface area (Å²) in [6.45, 7) is 5.37. The largest absolute Gasteiger partial charge is 0.329 e. The molecule has 0 bridgehead atoms. The highest BCUT2D eigenvalue weighted by atomic mass is 32.1. The van der Waals surface area contributed by atoms with Crippen LogP contribution in [0.2, 0.25) is 0 Å². The molecule has 1 aromatic carbocycles. The molecule has 0 saturated carbocycles. The molecule has 4 nitrogen and oxygen atoms in total. The van der Waals surface area contributed by atoms with Gasteiger partial charge in [-0.05, 0) is 50.8 Å². The molecule has 1 unspecified atom stereocenters. The van der Waals surface area contributed by atoms with Crippen LogP contribution in [-0.4, -0.2) is 35.1 Å². The molecule has 0 fully saturated rings. The number of likely N-dealkylation sites (N-methyl/N-ethyl adjacent to an activating group) is 1. The van der Waals surface area contributed by atoms with E-state index in [1.807, 2.05) is 18.2 Å². The molecule has 0 saturated heterocycles. The molecule has 1 aromatic heterocycles. The van der Waals surface area contributed by atoms with Crippen LogP contribution in [0.25, 0.3) is 11.0 Å². The van der Waals surface area contributed by atoms with Crippen LogP contribution in [0, 0.1) is 22.0 Å². The lowest BCUT2D eigenvalue weighted by Gasteiger charge is -2.25. The minimum atomic E-state index is 0.301. The fraction of sp³-hybridized carbons (Fsp3) is 0.500. The van der Waals surface area contributed by atoms with Crippen molar-refractivity contribution in [3.63, 3.8) is 0 Å². The number of nitrogens with one attached hydrogen (secondary N) is 1. The standard InChI is InChI=1S/C16H22N4S/c1-11(2)8-13(10-19(3)4)20-14-7-5-6-12(9-17)15(14)18-16(20)21/h5-7,11,13H,8,10H2,1-4H3,(H,18,21). The Balaban J connectivity index is 2.60. The molecular formula is C16H22N4S. The highest BCUT2D eigenvalue weighted by molar-refractivity contribution is 7.71. The van der Waals surface area contributed by atoms with E-state index in [1.54, 1.807) is 0 Å². The second kappa shape index (κ2) is 6.42. The number of benzene rings is 1. The summed E-state index contributed by atoms with van der Waals surface area (Å²) in [4.78, 5) is 5.39. The van der Waals surface area contributed by atoms with Gasteiger partial charge in [0.25, 0.3) is 0 Å². The van der Waals surface area contributed by atoms with Gasteiger partial charge in [0.1, 0.15) is 6.07 Å². The minimum Gasteiger partial charge on any atom is -0.329 e. The molecule has 2 rings (SSSR count). The van der Waals surface area contributed by atoms with Crippen LogP contribution in [0.3, 0.4) is 0 Å². The third-order valence-electron chi connectivity index (χ3n) is 3.56. The molecule has 21 heavy (non-hydrogen) atoms. The third-order valence-corrected chi connectivity index (χ3v) is 3.86. The number of imidazole rings is 1. The lowest BCUT2D eigenvalue weighted by molar-refractivity contribution is 0.291. The van der Waals surface area contributed by atoms with E-state index in [1.165, 1.54) is 0 Å². The lowest BCUT2D eigenvalue weighted by atomic mass is 10.0. The number of para-hydroxylation sites is 1. The summed E-state index contributed by atoms with van der Waals surface area (Å²) in [7, 11) is 4.15. The van der Waals surface area contributed by atoms with Gasteiger partial charge in [-0.2, -0.15) is 5.26 Å². The summed E-state index contributed by atoms with van der Waals surface area (Å²) in [6, 6.07) is 8.30. The molecule has 0 spiro atoms. The van der Waals surface area contributed by atoms with Crippen LogP contribution in [0.5, 0.6) is 0 Å². The lowest BCUT2D eigenvalue weighted by Crippen LogP contribution is -2.25. The third kappa shape index (κ3) is 3.34. The summed E-state index contributed by atoms with van der Waals surface area (Å²) < 4.78 is 2.87. The van der Waals surface area contributed by atoms with Gasteiger partial charge in [-0.15, -0.1) is 0 Å². The zero-order valence-electron chi connectivity index (χ0n) is 13.1. The summed E-state index contributed by atoms with van der Waals surface area (Å²) in [6.07, 6.45) is 1.05. The Morgan fingerprint density at radius 1 is 1.38 bits per heavy atom. The van der Waals surface area contributed by atoms with E-state index in [0.717, 1.165) is 24.0 Å². The number of hydrogen-bond donors (Lipinski definition) is 1. The first kappa shape index (κ1) is 15.7. The van der Waals surface area contributed by atoms with Crippen molar-refractivity contribution >= 4 is 23.3 Å². The first-order valence-corrected chi connectivity index (χ1v) is 7.63. The number of nitrogens with zero attached hydrogens (tertiary/aromatic N) is 3. The molecule has 0 radical (unpaired) electrons. The Bertz CT molecular complexity index is 708. The Kier molecular flexibility index (Phi) is 4.81. The molecule has 0 amide bonds. The van der Waals surface area contributed by atoms with Crippen molar-refractivity contribution in [3.05, 3.63) is 28.5 Å². The van der Waals surface area contributed by atoms with Crippen LogP contribution < -0.4 is 0 Å². The highest BCUT2D eigenvalue weighted by Crippen LogP contribution is 2.26. The fourth-order valence-electron chi connectivity index (χ4n) is 2.83. The average molecular weight is 302 g/mol. The second-order valence-corrected chi connectivity index (χ2v) is 6.54. The van der Waals surface area contributed by atoms with Crippen molar-refractivity contribution in [2.75, 3.05) is 20.6 Å². The molecule has 112 valence electrons. The van der Waals surface area contributed by atoms with E-state index < -0.39 is 0 Å². The number of aromatic nitrogens is 2. The van der Waals surface area contributed by atoms with E-state index in [4.69, 9.17) is 12.2 Å². The van der Waals surface area contributed by atoms with Gasteiger partial charge in [0, 0.05) is 12.6 Å². The van der Waals surface area contributed by atoms with Gasteiger partial charge < -0.3 is 14.5 Å². The maximum Gasteiger partial charge on any atom is 0.178 e. The number of fused-ring (bicyclic) bond motifs is 1. The van der Waals surface area contributed by atoms with Gasteiger partial charge in [-0.3, -0.25) is 0 Å². The van der Waals surface area contributed by atoms with Crippen molar-refractivity contribution in [2.24, 2.45) is 5.92 Å². The minimum absolute atomic E-state index is 0.301. The maximum atomic E-state index is 9.24. The average Bonchev–Trinajstić information content (AvgIpc) is 2.72. The van der Waals surface area contributed by atoms with E-state index in [0.29, 0.717) is 22.3 Å². The smallest absolute Gasteiger partial charge is 0.178 e. The SMILES string of the molecule is CC(C)CC(CN(C)C)n1c(=S)[nH]c2c(C#N)cccc21. The fourth-order valence-corrected chi connectivity index (χ4v) is 3.18. The number of aromatic amines is 1. The van der Waals surface area contributed by atoms with Crippen LogP contribution in [0.4, 0.5) is 0 Å². The number of H-pyrrole nitrogens is 1. The zero-order valence-corrected chi connectivity index (χ0v) is 13.9. The quantitative estimate of drug-likeness (QED) is 0.856. The molecular weight excluding hydrogens is 280 g/mol. The van der Waals surface area contributed by atoms with Crippen molar-refractivity contribution in [3.8, 4) is 6.07 Å². The van der Waals surface area contributed by atoms with Gasteiger partial charge >= 0.3 is 0 Å². The monoisotopic (exact) mass is 302 g/mol. The number of hydrogen-bond acceptors (Lipinski definition) is 3. The van der Waals surface area contributed by atoms with Crippen LogP contribution in [0.15, 0.2) is 18.2 Å². The molecule has 0 aliphatic heterocycles. The van der Waals surface area contributed by atoms with Crippen LogP contribution in [0.1, 0.15) is 31.9 Å². The van der Waals surface area contributed by atoms with Crippen molar-refractivity contribution in [1.29, 1.82) is 5.26 Å². The summed E-state index contributed by atoms with van der Waals surface area (Å²) in [5.41, 5.74) is 2.51. The summed E-state index contributed by atoms with van der Waals surface area (Å²) in [5, 5.41) is 9.24. The van der Waals surface area contributed by atoms with Crippen LogP contribution >= 0.6 is 12.2 Å². The van der Waals surface area contributed by atoms with Crippen LogP contribution in [-0.2, 0) is 0 Å². The van der Waals surface area contributed by atoms with Crippen molar-refractivity contribution in [1.82, 2.24) is 14.5 Å². The molecule has 1 heterocycles. The number of rotatable bonds is 5.